The number of rotatable bonds is 2. The van der Waals surface area contributed by atoms with Crippen LogP contribution in [0.25, 0.3) is 10.2 Å². The topological polar surface area (TPSA) is 68.0 Å². The van der Waals surface area contributed by atoms with Gasteiger partial charge in [0.15, 0.2) is 5.13 Å². The van der Waals surface area contributed by atoms with E-state index in [1.165, 1.54) is 16.9 Å². The predicted octanol–water partition coefficient (Wildman–Crippen LogP) is 3.06. The summed E-state index contributed by atoms with van der Waals surface area (Å²) in [6.45, 7) is 2.06. The summed E-state index contributed by atoms with van der Waals surface area (Å²) in [5, 5.41) is 3.64. The van der Waals surface area contributed by atoms with Crippen LogP contribution < -0.4 is 11.1 Å². The first-order valence-corrected chi connectivity index (χ1v) is 7.87. The number of amides is 1. The molecule has 106 valence electrons. The molecule has 1 aromatic carbocycles. The standard InChI is InChI=1S/C15H19N3OS/c1-9-5-6-12-13(7-9)20-15(17-12)18-14(19)10-3-2-4-11(16)8-10/h5-7,10-11H,2-4,8,16H2,1H3,(H,17,18,19). The van der Waals surface area contributed by atoms with E-state index in [2.05, 4.69) is 23.3 Å². The van der Waals surface area contributed by atoms with Crippen LogP contribution in [0.2, 0.25) is 0 Å². The van der Waals surface area contributed by atoms with Gasteiger partial charge in [0.25, 0.3) is 0 Å². The highest BCUT2D eigenvalue weighted by atomic mass is 32.1. The third-order valence-corrected chi connectivity index (χ3v) is 4.79. The highest BCUT2D eigenvalue weighted by Crippen LogP contribution is 2.29. The molecule has 0 aliphatic heterocycles. The van der Waals surface area contributed by atoms with E-state index < -0.39 is 0 Å². The zero-order valence-corrected chi connectivity index (χ0v) is 12.4. The van der Waals surface area contributed by atoms with E-state index in [9.17, 15) is 4.79 Å². The molecule has 3 rings (SSSR count). The predicted molar refractivity (Wildman–Crippen MR) is 82.9 cm³/mol. The van der Waals surface area contributed by atoms with Gasteiger partial charge in [-0.1, -0.05) is 23.8 Å². The number of nitrogens with one attached hydrogen (secondary N) is 1. The lowest BCUT2D eigenvalue weighted by atomic mass is 9.86. The average Bonchev–Trinajstić information content (AvgIpc) is 2.80. The second kappa shape index (κ2) is 5.50. The molecular weight excluding hydrogens is 270 g/mol. The van der Waals surface area contributed by atoms with Gasteiger partial charge in [-0.05, 0) is 43.9 Å². The summed E-state index contributed by atoms with van der Waals surface area (Å²) in [6.07, 6.45) is 3.79. The number of thiazole rings is 1. The van der Waals surface area contributed by atoms with Gasteiger partial charge >= 0.3 is 0 Å². The Morgan fingerprint density at radius 1 is 1.45 bits per heavy atom. The molecule has 1 aliphatic carbocycles. The molecule has 2 aromatic rings. The van der Waals surface area contributed by atoms with Crippen molar-refractivity contribution < 1.29 is 4.79 Å². The first kappa shape index (κ1) is 13.5. The number of hydrogen-bond donors (Lipinski definition) is 2. The number of hydrogen-bond acceptors (Lipinski definition) is 4. The molecule has 2 unspecified atom stereocenters. The molecule has 1 aromatic heterocycles. The van der Waals surface area contributed by atoms with Crippen molar-refractivity contribution in [2.24, 2.45) is 11.7 Å². The van der Waals surface area contributed by atoms with Crippen molar-refractivity contribution in [3.8, 4) is 0 Å². The second-order valence-electron chi connectivity index (χ2n) is 5.60. The Morgan fingerprint density at radius 3 is 3.10 bits per heavy atom. The summed E-state index contributed by atoms with van der Waals surface area (Å²) in [5.41, 5.74) is 8.09. The molecule has 1 fully saturated rings. The summed E-state index contributed by atoms with van der Waals surface area (Å²) < 4.78 is 1.11. The van der Waals surface area contributed by atoms with E-state index in [-0.39, 0.29) is 17.9 Å². The molecule has 0 saturated heterocycles. The molecule has 1 saturated carbocycles. The number of anilines is 1. The van der Waals surface area contributed by atoms with E-state index in [1.54, 1.807) is 0 Å². The van der Waals surface area contributed by atoms with Gasteiger partial charge in [0.1, 0.15) is 0 Å². The summed E-state index contributed by atoms with van der Waals surface area (Å²) in [4.78, 5) is 16.7. The number of fused-ring (bicyclic) bond motifs is 1. The van der Waals surface area contributed by atoms with Gasteiger partial charge in [0.05, 0.1) is 10.2 Å². The fourth-order valence-corrected chi connectivity index (χ4v) is 3.73. The lowest BCUT2D eigenvalue weighted by molar-refractivity contribution is -0.120. The van der Waals surface area contributed by atoms with Crippen molar-refractivity contribution in [1.29, 1.82) is 0 Å². The first-order chi connectivity index (χ1) is 9.61. The maximum atomic E-state index is 12.3. The fourth-order valence-electron chi connectivity index (χ4n) is 2.76. The van der Waals surface area contributed by atoms with Crippen LogP contribution in [0.15, 0.2) is 18.2 Å². The Bertz CT molecular complexity index is 637. The van der Waals surface area contributed by atoms with Crippen molar-refractivity contribution in [2.45, 2.75) is 38.6 Å². The fraction of sp³-hybridized carbons (Fsp3) is 0.467. The van der Waals surface area contributed by atoms with Crippen LogP contribution in [-0.4, -0.2) is 16.9 Å². The van der Waals surface area contributed by atoms with Crippen LogP contribution in [0, 0.1) is 12.8 Å². The molecule has 2 atom stereocenters. The van der Waals surface area contributed by atoms with Crippen molar-refractivity contribution in [2.75, 3.05) is 5.32 Å². The second-order valence-corrected chi connectivity index (χ2v) is 6.63. The van der Waals surface area contributed by atoms with E-state index in [4.69, 9.17) is 5.73 Å². The SMILES string of the molecule is Cc1ccc2nc(NC(=O)C3CCCC(N)C3)sc2c1. The first-order valence-electron chi connectivity index (χ1n) is 7.05. The summed E-state index contributed by atoms with van der Waals surface area (Å²) in [6, 6.07) is 6.29. The van der Waals surface area contributed by atoms with E-state index in [0.29, 0.717) is 5.13 Å². The maximum Gasteiger partial charge on any atom is 0.229 e. The normalized spacial score (nSPS) is 22.9. The third kappa shape index (κ3) is 2.83. The number of aryl methyl sites for hydroxylation is 1. The molecule has 1 amide bonds. The number of benzene rings is 1. The molecule has 4 nitrogen and oxygen atoms in total. The van der Waals surface area contributed by atoms with Gasteiger partial charge in [-0.3, -0.25) is 4.79 Å². The van der Waals surface area contributed by atoms with E-state index in [0.717, 1.165) is 35.9 Å². The number of nitrogens with two attached hydrogens (primary N) is 1. The van der Waals surface area contributed by atoms with Crippen molar-refractivity contribution in [3.63, 3.8) is 0 Å². The van der Waals surface area contributed by atoms with Gasteiger partial charge in [0, 0.05) is 12.0 Å². The van der Waals surface area contributed by atoms with Crippen LogP contribution in [0.1, 0.15) is 31.2 Å². The molecule has 1 heterocycles. The smallest absolute Gasteiger partial charge is 0.229 e. The van der Waals surface area contributed by atoms with Gasteiger partial charge in [-0.15, -0.1) is 0 Å². The Balaban J connectivity index is 1.73. The summed E-state index contributed by atoms with van der Waals surface area (Å²) in [5.74, 6) is 0.100. The highest BCUT2D eigenvalue weighted by molar-refractivity contribution is 7.22. The zero-order chi connectivity index (χ0) is 14.1. The van der Waals surface area contributed by atoms with E-state index >= 15 is 0 Å². The third-order valence-electron chi connectivity index (χ3n) is 3.86. The number of nitrogens with zero attached hydrogens (tertiary/aromatic N) is 1. The Morgan fingerprint density at radius 2 is 2.30 bits per heavy atom. The van der Waals surface area contributed by atoms with Crippen LogP contribution >= 0.6 is 11.3 Å². The minimum absolute atomic E-state index is 0.0347. The van der Waals surface area contributed by atoms with Crippen LogP contribution in [0.3, 0.4) is 0 Å². The quantitative estimate of drug-likeness (QED) is 0.892. The van der Waals surface area contributed by atoms with Gasteiger partial charge < -0.3 is 11.1 Å². The molecule has 0 bridgehead atoms. The van der Waals surface area contributed by atoms with Crippen LogP contribution in [0.4, 0.5) is 5.13 Å². The van der Waals surface area contributed by atoms with Crippen LogP contribution in [-0.2, 0) is 4.79 Å². The molecule has 5 heteroatoms. The Labute approximate surface area is 122 Å². The van der Waals surface area contributed by atoms with Gasteiger partial charge in [-0.25, -0.2) is 4.98 Å². The zero-order valence-electron chi connectivity index (χ0n) is 11.6. The Kier molecular flexibility index (Phi) is 3.72. The van der Waals surface area contributed by atoms with Crippen LogP contribution in [0.5, 0.6) is 0 Å². The van der Waals surface area contributed by atoms with Crippen molar-refractivity contribution in [3.05, 3.63) is 23.8 Å². The van der Waals surface area contributed by atoms with Gasteiger partial charge in [-0.2, -0.15) is 0 Å². The lowest BCUT2D eigenvalue weighted by Crippen LogP contribution is -2.34. The summed E-state index contributed by atoms with van der Waals surface area (Å²) in [7, 11) is 0. The highest BCUT2D eigenvalue weighted by Gasteiger charge is 2.25. The summed E-state index contributed by atoms with van der Waals surface area (Å²) >= 11 is 1.53. The average molecular weight is 289 g/mol. The van der Waals surface area contributed by atoms with Crippen molar-refractivity contribution in [1.82, 2.24) is 4.98 Å². The molecule has 0 radical (unpaired) electrons. The molecule has 0 spiro atoms. The minimum atomic E-state index is 0.0347. The molecule has 3 N–H and O–H groups in total. The van der Waals surface area contributed by atoms with E-state index in [1.807, 2.05) is 12.1 Å². The van der Waals surface area contributed by atoms with Crippen molar-refractivity contribution >= 4 is 32.6 Å². The number of carbonyl (C=O) groups excluding carboxylic acids is 1. The molecule has 1 aliphatic rings. The largest absolute Gasteiger partial charge is 0.328 e. The monoisotopic (exact) mass is 289 g/mol. The minimum Gasteiger partial charge on any atom is -0.328 e. The number of carbonyl (C=O) groups is 1. The number of aromatic nitrogens is 1. The lowest BCUT2D eigenvalue weighted by Gasteiger charge is -2.25. The molecular formula is C15H19N3OS. The van der Waals surface area contributed by atoms with Gasteiger partial charge in [0.2, 0.25) is 5.91 Å². The Hall–Kier alpha value is -1.46. The maximum absolute atomic E-state index is 12.3. The molecule has 20 heavy (non-hydrogen) atoms.